The van der Waals surface area contributed by atoms with E-state index in [0.717, 1.165) is 5.56 Å². The van der Waals surface area contributed by atoms with Crippen LogP contribution in [0.2, 0.25) is 0 Å². The Morgan fingerprint density at radius 3 is 2.24 bits per heavy atom. The number of aliphatic imine (C=N–C) groups is 1. The van der Waals surface area contributed by atoms with Crippen LogP contribution in [0.5, 0.6) is 0 Å². The average Bonchev–Trinajstić information content (AvgIpc) is 2.29. The van der Waals surface area contributed by atoms with Crippen molar-refractivity contribution in [1.82, 2.24) is 0 Å². The highest BCUT2D eigenvalue weighted by Crippen LogP contribution is 2.24. The summed E-state index contributed by atoms with van der Waals surface area (Å²) in [5.74, 6) is 0. The van der Waals surface area contributed by atoms with Gasteiger partial charge in [0, 0.05) is 12.8 Å². The highest BCUT2D eigenvalue weighted by molar-refractivity contribution is 8.14. The van der Waals surface area contributed by atoms with Crippen molar-refractivity contribution in [1.29, 1.82) is 0 Å². The fourth-order valence-corrected chi connectivity index (χ4v) is 4.59. The van der Waals surface area contributed by atoms with Gasteiger partial charge in [0.25, 0.3) is 0 Å². The van der Waals surface area contributed by atoms with E-state index in [0.29, 0.717) is 10.6 Å². The van der Waals surface area contributed by atoms with Crippen molar-refractivity contribution in [3.63, 3.8) is 0 Å². The van der Waals surface area contributed by atoms with E-state index in [4.69, 9.17) is 0 Å². The lowest BCUT2D eigenvalue weighted by molar-refractivity contribution is 0.598. The number of hydrogen-bond donors (Lipinski definition) is 0. The third-order valence-electron chi connectivity index (χ3n) is 2.54. The molecule has 0 N–H and O–H groups in total. The first kappa shape index (κ1) is 14.3. The first-order valence-corrected chi connectivity index (χ1v) is 8.03. The molecule has 0 aliphatic carbocycles. The zero-order valence-electron chi connectivity index (χ0n) is 10.5. The fourth-order valence-electron chi connectivity index (χ4n) is 1.48. The van der Waals surface area contributed by atoms with Crippen molar-refractivity contribution >= 4 is 27.3 Å². The highest BCUT2D eigenvalue weighted by Gasteiger charge is 2.28. The molecule has 1 aromatic carbocycles. The number of benzene rings is 1. The molecular formula is C12H17NO2S2. The van der Waals surface area contributed by atoms with E-state index >= 15 is 0 Å². The summed E-state index contributed by atoms with van der Waals surface area (Å²) in [7, 11) is -1.73. The number of sulfone groups is 1. The van der Waals surface area contributed by atoms with Crippen LogP contribution < -0.4 is 0 Å². The van der Waals surface area contributed by atoms with Gasteiger partial charge in [0.1, 0.15) is 4.58 Å². The number of thioether (sulfide) groups is 1. The van der Waals surface area contributed by atoms with E-state index in [2.05, 4.69) is 4.99 Å². The van der Waals surface area contributed by atoms with Crippen molar-refractivity contribution in [2.45, 2.75) is 23.3 Å². The summed E-state index contributed by atoms with van der Waals surface area (Å²) in [5.41, 5.74) is 1.67. The summed E-state index contributed by atoms with van der Waals surface area (Å²) in [5, 5.41) is 0. The molecule has 0 saturated carbocycles. The lowest BCUT2D eigenvalue weighted by Crippen LogP contribution is -2.25. The normalized spacial score (nSPS) is 14.7. The third kappa shape index (κ3) is 3.10. The van der Waals surface area contributed by atoms with Crippen LogP contribution in [-0.4, -0.2) is 32.0 Å². The Bertz CT molecular complexity index is 504. The van der Waals surface area contributed by atoms with Crippen molar-refractivity contribution in [2.24, 2.45) is 4.99 Å². The minimum absolute atomic E-state index is 0.352. The number of hydrogen-bond acceptors (Lipinski definition) is 4. The first-order valence-electron chi connectivity index (χ1n) is 5.20. The molecule has 0 fully saturated rings. The van der Waals surface area contributed by atoms with Gasteiger partial charge in [-0.3, -0.25) is 4.99 Å². The van der Waals surface area contributed by atoms with Crippen molar-refractivity contribution in [3.8, 4) is 0 Å². The van der Waals surface area contributed by atoms with Crippen LogP contribution in [0.1, 0.15) is 12.5 Å². The lowest BCUT2D eigenvalue weighted by Gasteiger charge is -2.15. The molecule has 0 aliphatic heterocycles. The Hall–Kier alpha value is -0.810. The molecule has 94 valence electrons. The predicted octanol–water partition coefficient (Wildman–Crippen LogP) is 2.55. The fraction of sp³-hybridized carbons (Fsp3) is 0.417. The summed E-state index contributed by atoms with van der Waals surface area (Å²) in [4.78, 5) is 4.34. The largest absolute Gasteiger partial charge is 0.295 e. The number of rotatable bonds is 4. The van der Waals surface area contributed by atoms with E-state index in [1.807, 2.05) is 19.1 Å². The van der Waals surface area contributed by atoms with Crippen LogP contribution in [0.3, 0.4) is 0 Å². The molecule has 0 amide bonds. The molecule has 0 bridgehead atoms. The Morgan fingerprint density at radius 2 is 1.82 bits per heavy atom. The van der Waals surface area contributed by atoms with Gasteiger partial charge in [0.15, 0.2) is 9.84 Å². The lowest BCUT2D eigenvalue weighted by atomic mass is 10.2. The molecule has 0 aromatic heterocycles. The Balaban J connectivity index is 3.22. The zero-order valence-corrected chi connectivity index (χ0v) is 12.1. The van der Waals surface area contributed by atoms with E-state index in [9.17, 15) is 8.42 Å². The number of aryl methyl sites for hydroxylation is 1. The SMILES string of the molecule is CN=C(C)C(SC)S(=O)(=O)c1ccc(C)cc1. The molecule has 1 atom stereocenters. The van der Waals surface area contributed by atoms with E-state index < -0.39 is 14.4 Å². The standard InChI is InChI=1S/C12H17NO2S2/c1-9-5-7-11(8-6-9)17(14,15)12(16-4)10(2)13-3/h5-8,12H,1-4H3. The maximum atomic E-state index is 12.4. The Labute approximate surface area is 107 Å². The Kier molecular flexibility index (Phi) is 4.77. The maximum Gasteiger partial charge on any atom is 0.195 e. The van der Waals surface area contributed by atoms with Gasteiger partial charge < -0.3 is 0 Å². The Morgan fingerprint density at radius 1 is 1.29 bits per heavy atom. The molecule has 5 heteroatoms. The second-order valence-electron chi connectivity index (χ2n) is 3.79. The molecule has 17 heavy (non-hydrogen) atoms. The maximum absolute atomic E-state index is 12.4. The van der Waals surface area contributed by atoms with Crippen LogP contribution >= 0.6 is 11.8 Å². The topological polar surface area (TPSA) is 46.5 Å². The molecule has 0 radical (unpaired) electrons. The van der Waals surface area contributed by atoms with Crippen LogP contribution in [0, 0.1) is 6.92 Å². The van der Waals surface area contributed by atoms with Crippen molar-refractivity contribution < 1.29 is 8.42 Å². The average molecular weight is 271 g/mol. The van der Waals surface area contributed by atoms with Gasteiger partial charge in [-0.2, -0.15) is 0 Å². The van der Waals surface area contributed by atoms with E-state index in [1.54, 1.807) is 32.4 Å². The van der Waals surface area contributed by atoms with Gasteiger partial charge in [-0.15, -0.1) is 11.8 Å². The van der Waals surface area contributed by atoms with E-state index in [1.165, 1.54) is 11.8 Å². The quantitative estimate of drug-likeness (QED) is 0.791. The molecule has 0 aliphatic rings. The summed E-state index contributed by atoms with van der Waals surface area (Å²) in [6.07, 6.45) is 1.78. The molecule has 1 unspecified atom stereocenters. The molecule has 0 spiro atoms. The molecule has 3 nitrogen and oxygen atoms in total. The van der Waals surface area contributed by atoms with Crippen LogP contribution in [0.15, 0.2) is 34.2 Å². The van der Waals surface area contributed by atoms with Crippen molar-refractivity contribution in [2.75, 3.05) is 13.3 Å². The van der Waals surface area contributed by atoms with Gasteiger partial charge in [-0.05, 0) is 32.2 Å². The minimum atomic E-state index is -3.35. The molecule has 0 saturated heterocycles. The third-order valence-corrected chi connectivity index (χ3v) is 6.48. The van der Waals surface area contributed by atoms with Gasteiger partial charge in [0.05, 0.1) is 4.90 Å². The van der Waals surface area contributed by atoms with Gasteiger partial charge in [0.2, 0.25) is 0 Å². The van der Waals surface area contributed by atoms with Crippen molar-refractivity contribution in [3.05, 3.63) is 29.8 Å². The second-order valence-corrected chi connectivity index (χ2v) is 7.06. The smallest absolute Gasteiger partial charge is 0.195 e. The number of nitrogens with zero attached hydrogens (tertiary/aromatic N) is 1. The van der Waals surface area contributed by atoms with Crippen LogP contribution in [-0.2, 0) is 9.84 Å². The van der Waals surface area contributed by atoms with Gasteiger partial charge in [-0.1, -0.05) is 17.7 Å². The monoisotopic (exact) mass is 271 g/mol. The summed E-state index contributed by atoms with van der Waals surface area (Å²) >= 11 is 1.29. The molecular weight excluding hydrogens is 254 g/mol. The highest BCUT2D eigenvalue weighted by atomic mass is 32.3. The summed E-state index contributed by atoms with van der Waals surface area (Å²) in [6.45, 7) is 3.67. The van der Waals surface area contributed by atoms with Crippen LogP contribution in [0.4, 0.5) is 0 Å². The summed E-state index contributed by atoms with van der Waals surface area (Å²) in [6, 6.07) is 6.92. The first-order chi connectivity index (χ1) is 7.93. The second kappa shape index (κ2) is 5.69. The van der Waals surface area contributed by atoms with Crippen LogP contribution in [0.25, 0.3) is 0 Å². The predicted molar refractivity (Wildman–Crippen MR) is 74.7 cm³/mol. The van der Waals surface area contributed by atoms with Gasteiger partial charge >= 0.3 is 0 Å². The molecule has 1 rings (SSSR count). The zero-order chi connectivity index (χ0) is 13.1. The summed E-state index contributed by atoms with van der Waals surface area (Å²) < 4.78 is 24.1. The minimum Gasteiger partial charge on any atom is -0.295 e. The van der Waals surface area contributed by atoms with Gasteiger partial charge in [-0.25, -0.2) is 8.42 Å². The molecule has 0 heterocycles. The molecule has 1 aromatic rings. The van der Waals surface area contributed by atoms with E-state index in [-0.39, 0.29) is 0 Å².